The van der Waals surface area contributed by atoms with Crippen molar-refractivity contribution >= 4 is 28.8 Å². The molecule has 7 nitrogen and oxygen atoms in total. The summed E-state index contributed by atoms with van der Waals surface area (Å²) in [6.45, 7) is 7.77. The number of halogens is 1. The van der Waals surface area contributed by atoms with Gasteiger partial charge >= 0.3 is 0 Å². The van der Waals surface area contributed by atoms with Gasteiger partial charge in [-0.3, -0.25) is 14.1 Å². The van der Waals surface area contributed by atoms with Gasteiger partial charge < -0.3 is 9.88 Å². The number of hydrogen-bond acceptors (Lipinski definition) is 4. The van der Waals surface area contributed by atoms with E-state index in [1.165, 1.54) is 0 Å². The summed E-state index contributed by atoms with van der Waals surface area (Å²) in [5.74, 6) is 0.811. The summed E-state index contributed by atoms with van der Waals surface area (Å²) in [6.07, 6.45) is 4.10. The molecule has 0 bridgehead atoms. The highest BCUT2D eigenvalue weighted by Crippen LogP contribution is 2.45. The number of carbonyl (C=O) groups is 1. The normalized spacial score (nSPS) is 18.4. The molecule has 4 aromatic rings. The molecular weight excluding hydrogens is 424 g/mol. The Morgan fingerprint density at radius 3 is 2.47 bits per heavy atom. The molecule has 6 rings (SSSR count). The fourth-order valence-corrected chi connectivity index (χ4v) is 5.09. The smallest absolute Gasteiger partial charge is 0.261 e. The Morgan fingerprint density at radius 2 is 1.78 bits per heavy atom. The van der Waals surface area contributed by atoms with Gasteiger partial charge in [-0.2, -0.15) is 0 Å². The van der Waals surface area contributed by atoms with E-state index in [9.17, 15) is 4.79 Å². The SMILES string of the molecule is Cc1cn(C2CNC2)c2c1C(=O)N(c1cc(C)c3nnc(C)n3c1)C2c1ccc(Cl)cc1. The highest BCUT2D eigenvalue weighted by atomic mass is 35.5. The Kier molecular flexibility index (Phi) is 4.22. The van der Waals surface area contributed by atoms with Crippen molar-refractivity contribution in [2.75, 3.05) is 18.0 Å². The van der Waals surface area contributed by atoms with Crippen molar-refractivity contribution in [1.29, 1.82) is 0 Å². The molecule has 2 aliphatic heterocycles. The van der Waals surface area contributed by atoms with E-state index in [0.29, 0.717) is 11.1 Å². The number of benzene rings is 1. The van der Waals surface area contributed by atoms with Crippen LogP contribution in [0.15, 0.2) is 42.7 Å². The van der Waals surface area contributed by atoms with E-state index in [-0.39, 0.29) is 11.9 Å². The van der Waals surface area contributed by atoms with Crippen LogP contribution < -0.4 is 10.2 Å². The Labute approximate surface area is 190 Å². The number of aromatic nitrogens is 4. The molecule has 1 atom stereocenters. The summed E-state index contributed by atoms with van der Waals surface area (Å²) in [5, 5.41) is 12.5. The maximum Gasteiger partial charge on any atom is 0.261 e. The van der Waals surface area contributed by atoms with Gasteiger partial charge in [-0.25, -0.2) is 0 Å². The van der Waals surface area contributed by atoms with Crippen LogP contribution in [-0.4, -0.2) is 38.2 Å². The van der Waals surface area contributed by atoms with Crippen molar-refractivity contribution in [3.8, 4) is 0 Å². The molecule has 1 fully saturated rings. The first-order valence-corrected chi connectivity index (χ1v) is 11.1. The van der Waals surface area contributed by atoms with Crippen molar-refractivity contribution in [2.45, 2.75) is 32.9 Å². The maximum absolute atomic E-state index is 13.9. The van der Waals surface area contributed by atoms with E-state index in [4.69, 9.17) is 11.6 Å². The zero-order chi connectivity index (χ0) is 22.1. The molecule has 0 radical (unpaired) electrons. The first-order chi connectivity index (χ1) is 15.4. The first-order valence-electron chi connectivity index (χ1n) is 10.8. The molecule has 32 heavy (non-hydrogen) atoms. The van der Waals surface area contributed by atoms with Crippen LogP contribution >= 0.6 is 11.6 Å². The van der Waals surface area contributed by atoms with E-state index >= 15 is 0 Å². The molecule has 0 saturated carbocycles. The third-order valence-electron chi connectivity index (χ3n) is 6.67. The monoisotopic (exact) mass is 446 g/mol. The zero-order valence-electron chi connectivity index (χ0n) is 18.1. The van der Waals surface area contributed by atoms with Crippen molar-refractivity contribution in [3.05, 3.63) is 81.5 Å². The summed E-state index contributed by atoms with van der Waals surface area (Å²) in [5.41, 5.74) is 6.51. The second kappa shape index (κ2) is 6.92. The Morgan fingerprint density at radius 1 is 1.03 bits per heavy atom. The number of anilines is 1. The maximum atomic E-state index is 13.9. The molecule has 8 heteroatoms. The van der Waals surface area contributed by atoms with Crippen LogP contribution in [-0.2, 0) is 0 Å². The first kappa shape index (κ1) is 19.5. The van der Waals surface area contributed by atoms with Crippen LogP contribution in [0.1, 0.15) is 50.7 Å². The largest absolute Gasteiger partial charge is 0.343 e. The van der Waals surface area contributed by atoms with Crippen molar-refractivity contribution in [3.63, 3.8) is 0 Å². The fraction of sp³-hybridized carbons (Fsp3) is 0.292. The predicted molar refractivity (Wildman–Crippen MR) is 124 cm³/mol. The van der Waals surface area contributed by atoms with Gasteiger partial charge in [0.1, 0.15) is 11.9 Å². The molecule has 0 aliphatic carbocycles. The van der Waals surface area contributed by atoms with Gasteiger partial charge in [-0.05, 0) is 55.7 Å². The van der Waals surface area contributed by atoms with Gasteiger partial charge in [0.2, 0.25) is 0 Å². The highest BCUT2D eigenvalue weighted by molar-refractivity contribution is 6.30. The summed E-state index contributed by atoms with van der Waals surface area (Å²) in [7, 11) is 0. The van der Waals surface area contributed by atoms with E-state index in [0.717, 1.165) is 58.2 Å². The molecule has 162 valence electrons. The van der Waals surface area contributed by atoms with Gasteiger partial charge in [0.05, 0.1) is 23.0 Å². The molecule has 0 spiro atoms. The number of fused-ring (bicyclic) bond motifs is 2. The van der Waals surface area contributed by atoms with Crippen molar-refractivity contribution < 1.29 is 4.79 Å². The molecule has 1 aromatic carbocycles. The van der Waals surface area contributed by atoms with Crippen LogP contribution in [0, 0.1) is 20.8 Å². The molecule has 1 saturated heterocycles. The molecule has 1 amide bonds. The third-order valence-corrected chi connectivity index (χ3v) is 6.93. The van der Waals surface area contributed by atoms with Crippen LogP contribution in [0.4, 0.5) is 5.69 Å². The van der Waals surface area contributed by atoms with Gasteiger partial charge in [0.15, 0.2) is 5.65 Å². The number of nitrogens with zero attached hydrogens (tertiary/aromatic N) is 5. The Hall–Kier alpha value is -3.16. The molecule has 1 N–H and O–H groups in total. The minimum Gasteiger partial charge on any atom is -0.343 e. The van der Waals surface area contributed by atoms with Crippen LogP contribution in [0.25, 0.3) is 5.65 Å². The van der Waals surface area contributed by atoms with Gasteiger partial charge in [0.25, 0.3) is 5.91 Å². The quantitative estimate of drug-likeness (QED) is 0.516. The minimum absolute atomic E-state index is 0.0213. The Bertz CT molecular complexity index is 1380. The fourth-order valence-electron chi connectivity index (χ4n) is 4.96. The van der Waals surface area contributed by atoms with Crippen LogP contribution in [0.5, 0.6) is 0 Å². The second-order valence-electron chi connectivity index (χ2n) is 8.74. The lowest BCUT2D eigenvalue weighted by molar-refractivity contribution is 0.0993. The van der Waals surface area contributed by atoms with Crippen molar-refractivity contribution in [2.24, 2.45) is 0 Å². The van der Waals surface area contributed by atoms with Crippen LogP contribution in [0.2, 0.25) is 5.02 Å². The number of aryl methyl sites for hydroxylation is 3. The summed E-state index contributed by atoms with van der Waals surface area (Å²) in [4.78, 5) is 15.8. The lowest BCUT2D eigenvalue weighted by Gasteiger charge is -2.33. The molecule has 3 aromatic heterocycles. The summed E-state index contributed by atoms with van der Waals surface area (Å²) < 4.78 is 4.25. The van der Waals surface area contributed by atoms with Gasteiger partial charge in [0, 0.05) is 30.5 Å². The molecule has 1 unspecified atom stereocenters. The molecule has 5 heterocycles. The highest BCUT2D eigenvalue weighted by Gasteiger charge is 2.44. The number of nitrogens with one attached hydrogen (secondary N) is 1. The third kappa shape index (κ3) is 2.68. The van der Waals surface area contributed by atoms with E-state index in [2.05, 4.69) is 26.3 Å². The number of amides is 1. The Balaban J connectivity index is 1.59. The number of carbonyl (C=O) groups excluding carboxylic acids is 1. The summed E-state index contributed by atoms with van der Waals surface area (Å²) >= 11 is 6.20. The number of rotatable bonds is 3. The second-order valence-corrected chi connectivity index (χ2v) is 9.18. The number of pyridine rings is 1. The number of hydrogen-bond donors (Lipinski definition) is 1. The minimum atomic E-state index is -0.238. The average Bonchev–Trinajstić information content (AvgIpc) is 3.35. The average molecular weight is 447 g/mol. The van der Waals surface area contributed by atoms with Crippen LogP contribution in [0.3, 0.4) is 0 Å². The summed E-state index contributed by atoms with van der Waals surface area (Å²) in [6, 6.07) is 9.96. The predicted octanol–water partition coefficient (Wildman–Crippen LogP) is 4.00. The lowest BCUT2D eigenvalue weighted by atomic mass is 10.0. The lowest BCUT2D eigenvalue weighted by Crippen LogP contribution is -2.44. The van der Waals surface area contributed by atoms with E-state index in [1.54, 1.807) is 0 Å². The molecule has 2 aliphatic rings. The zero-order valence-corrected chi connectivity index (χ0v) is 18.9. The van der Waals surface area contributed by atoms with Gasteiger partial charge in [-0.1, -0.05) is 23.7 Å². The van der Waals surface area contributed by atoms with E-state index in [1.807, 2.05) is 66.6 Å². The van der Waals surface area contributed by atoms with E-state index < -0.39 is 0 Å². The van der Waals surface area contributed by atoms with Gasteiger partial charge in [-0.15, -0.1) is 10.2 Å². The standard InChI is InChI=1S/C24H23ClN6O/c1-13-8-18(12-29-15(3)27-28-23(13)29)31-21(16-4-6-17(25)7-5-16)22-20(24(31)32)14(2)11-30(22)19-9-26-10-19/h4-8,11-12,19,21,26H,9-10H2,1-3H3. The van der Waals surface area contributed by atoms with Crippen molar-refractivity contribution in [1.82, 2.24) is 24.5 Å². The molecular formula is C24H23ClN6O. The topological polar surface area (TPSA) is 67.5 Å².